The van der Waals surface area contributed by atoms with Gasteiger partial charge in [0.1, 0.15) is 11.6 Å². The Hall–Kier alpha value is -1.81. The highest BCUT2D eigenvalue weighted by Crippen LogP contribution is 2.24. The number of rotatable bonds is 5. The molecule has 4 nitrogen and oxygen atoms in total. The van der Waals surface area contributed by atoms with Crippen LogP contribution in [0.1, 0.15) is 29.9 Å². The summed E-state index contributed by atoms with van der Waals surface area (Å²) in [5.74, 6) is 1.32. The molecule has 0 bridgehead atoms. The SMILES string of the molecule is Cc1ccc(O)c(C(C)NCCc2ncc[nH]2)c1. The average Bonchev–Trinajstić information content (AvgIpc) is 2.85. The first-order valence-corrected chi connectivity index (χ1v) is 6.18. The number of aromatic hydroxyl groups is 1. The number of benzene rings is 1. The summed E-state index contributed by atoms with van der Waals surface area (Å²) in [7, 11) is 0. The molecule has 4 heteroatoms. The monoisotopic (exact) mass is 245 g/mol. The van der Waals surface area contributed by atoms with E-state index in [4.69, 9.17) is 0 Å². The molecule has 18 heavy (non-hydrogen) atoms. The molecule has 0 radical (unpaired) electrons. The van der Waals surface area contributed by atoms with Gasteiger partial charge >= 0.3 is 0 Å². The van der Waals surface area contributed by atoms with Crippen molar-refractivity contribution in [2.24, 2.45) is 0 Å². The van der Waals surface area contributed by atoms with Crippen molar-refractivity contribution in [2.75, 3.05) is 6.54 Å². The lowest BCUT2D eigenvalue weighted by Gasteiger charge is -2.15. The van der Waals surface area contributed by atoms with Gasteiger partial charge in [0.25, 0.3) is 0 Å². The molecule has 0 amide bonds. The lowest BCUT2D eigenvalue weighted by atomic mass is 10.0. The highest BCUT2D eigenvalue weighted by atomic mass is 16.3. The van der Waals surface area contributed by atoms with Crippen LogP contribution in [0, 0.1) is 6.92 Å². The number of phenols is 1. The molecule has 0 saturated carbocycles. The zero-order chi connectivity index (χ0) is 13.0. The van der Waals surface area contributed by atoms with E-state index in [2.05, 4.69) is 22.2 Å². The molecule has 2 rings (SSSR count). The van der Waals surface area contributed by atoms with Crippen molar-refractivity contribution in [1.29, 1.82) is 0 Å². The molecule has 0 fully saturated rings. The van der Waals surface area contributed by atoms with Crippen LogP contribution < -0.4 is 5.32 Å². The van der Waals surface area contributed by atoms with Crippen LogP contribution in [0.25, 0.3) is 0 Å². The van der Waals surface area contributed by atoms with Crippen molar-refractivity contribution < 1.29 is 5.11 Å². The lowest BCUT2D eigenvalue weighted by Crippen LogP contribution is -2.21. The van der Waals surface area contributed by atoms with Gasteiger partial charge in [0.15, 0.2) is 0 Å². The first-order chi connectivity index (χ1) is 8.66. The second-order valence-corrected chi connectivity index (χ2v) is 4.52. The summed E-state index contributed by atoms with van der Waals surface area (Å²) in [5.41, 5.74) is 2.09. The Kier molecular flexibility index (Phi) is 3.99. The Morgan fingerprint density at radius 2 is 2.28 bits per heavy atom. The summed E-state index contributed by atoms with van der Waals surface area (Å²) in [6, 6.07) is 5.80. The van der Waals surface area contributed by atoms with Gasteiger partial charge in [-0.3, -0.25) is 0 Å². The van der Waals surface area contributed by atoms with Crippen LogP contribution in [0.2, 0.25) is 0 Å². The number of nitrogens with zero attached hydrogens (tertiary/aromatic N) is 1. The molecule has 0 spiro atoms. The predicted molar refractivity (Wildman–Crippen MR) is 71.6 cm³/mol. The van der Waals surface area contributed by atoms with Crippen molar-refractivity contribution in [3.05, 3.63) is 47.5 Å². The van der Waals surface area contributed by atoms with E-state index in [-0.39, 0.29) is 6.04 Å². The highest BCUT2D eigenvalue weighted by molar-refractivity contribution is 5.37. The number of aromatic amines is 1. The summed E-state index contributed by atoms with van der Waals surface area (Å²) in [6.07, 6.45) is 4.43. The minimum Gasteiger partial charge on any atom is -0.508 e. The van der Waals surface area contributed by atoms with Crippen LogP contribution in [-0.2, 0) is 6.42 Å². The number of aryl methyl sites for hydroxylation is 1. The fourth-order valence-electron chi connectivity index (χ4n) is 1.97. The van der Waals surface area contributed by atoms with Crippen molar-refractivity contribution >= 4 is 0 Å². The zero-order valence-electron chi connectivity index (χ0n) is 10.8. The number of nitrogens with one attached hydrogen (secondary N) is 2. The molecule has 96 valence electrons. The maximum absolute atomic E-state index is 9.83. The van der Waals surface area contributed by atoms with E-state index < -0.39 is 0 Å². The summed E-state index contributed by atoms with van der Waals surface area (Å²) in [4.78, 5) is 7.24. The van der Waals surface area contributed by atoms with Gasteiger partial charge in [0.2, 0.25) is 0 Å². The average molecular weight is 245 g/mol. The van der Waals surface area contributed by atoms with Crippen LogP contribution in [0.15, 0.2) is 30.6 Å². The van der Waals surface area contributed by atoms with Crippen LogP contribution in [0.3, 0.4) is 0 Å². The number of hydrogen-bond donors (Lipinski definition) is 3. The Morgan fingerprint density at radius 3 is 3.00 bits per heavy atom. The summed E-state index contributed by atoms with van der Waals surface area (Å²) in [5, 5.41) is 13.2. The highest BCUT2D eigenvalue weighted by Gasteiger charge is 2.09. The fourth-order valence-corrected chi connectivity index (χ4v) is 1.97. The topological polar surface area (TPSA) is 60.9 Å². The molecular formula is C14H19N3O. The minimum atomic E-state index is 0.125. The van der Waals surface area contributed by atoms with Gasteiger partial charge in [-0.1, -0.05) is 17.7 Å². The second kappa shape index (κ2) is 5.69. The molecule has 2 aromatic rings. The van der Waals surface area contributed by atoms with Crippen molar-refractivity contribution in [1.82, 2.24) is 15.3 Å². The summed E-state index contributed by atoms with van der Waals surface area (Å²) < 4.78 is 0. The number of hydrogen-bond acceptors (Lipinski definition) is 3. The molecule has 1 aromatic carbocycles. The van der Waals surface area contributed by atoms with Gasteiger partial charge in [-0.05, 0) is 19.9 Å². The molecule has 0 aliphatic rings. The third kappa shape index (κ3) is 3.11. The zero-order valence-corrected chi connectivity index (χ0v) is 10.8. The third-order valence-electron chi connectivity index (χ3n) is 3.02. The molecule has 0 aliphatic heterocycles. The van der Waals surface area contributed by atoms with E-state index in [0.717, 1.165) is 29.9 Å². The van der Waals surface area contributed by atoms with Crippen molar-refractivity contribution in [3.8, 4) is 5.75 Å². The summed E-state index contributed by atoms with van der Waals surface area (Å²) in [6.45, 7) is 4.90. The Bertz CT molecular complexity index is 494. The first-order valence-electron chi connectivity index (χ1n) is 6.18. The normalized spacial score (nSPS) is 12.6. The van der Waals surface area contributed by atoms with Crippen LogP contribution in [-0.4, -0.2) is 21.6 Å². The van der Waals surface area contributed by atoms with Gasteiger partial charge in [-0.2, -0.15) is 0 Å². The van der Waals surface area contributed by atoms with Gasteiger partial charge in [-0.25, -0.2) is 4.98 Å². The molecule has 0 saturated heterocycles. The van der Waals surface area contributed by atoms with E-state index in [1.807, 2.05) is 25.3 Å². The standard InChI is InChI=1S/C14H19N3O/c1-10-3-4-13(18)12(9-10)11(2)15-6-5-14-16-7-8-17-14/h3-4,7-9,11,15,18H,5-6H2,1-2H3,(H,16,17). The molecule has 1 aromatic heterocycles. The smallest absolute Gasteiger partial charge is 0.120 e. The maximum atomic E-state index is 9.83. The lowest BCUT2D eigenvalue weighted by molar-refractivity contribution is 0.452. The Labute approximate surface area is 107 Å². The molecule has 1 unspecified atom stereocenters. The fraction of sp³-hybridized carbons (Fsp3) is 0.357. The Balaban J connectivity index is 1.91. The number of aromatic nitrogens is 2. The third-order valence-corrected chi connectivity index (χ3v) is 3.02. The van der Waals surface area contributed by atoms with Gasteiger partial charge < -0.3 is 15.4 Å². The van der Waals surface area contributed by atoms with E-state index in [9.17, 15) is 5.11 Å². The van der Waals surface area contributed by atoms with Crippen LogP contribution >= 0.6 is 0 Å². The number of phenolic OH excluding ortho intramolecular Hbond substituents is 1. The maximum Gasteiger partial charge on any atom is 0.120 e. The van der Waals surface area contributed by atoms with Crippen LogP contribution in [0.5, 0.6) is 5.75 Å². The largest absolute Gasteiger partial charge is 0.508 e. The molecule has 1 heterocycles. The van der Waals surface area contributed by atoms with Crippen molar-refractivity contribution in [2.45, 2.75) is 26.3 Å². The second-order valence-electron chi connectivity index (χ2n) is 4.52. The minimum absolute atomic E-state index is 0.125. The van der Waals surface area contributed by atoms with Crippen molar-refractivity contribution in [3.63, 3.8) is 0 Å². The van der Waals surface area contributed by atoms with E-state index in [0.29, 0.717) is 5.75 Å². The van der Waals surface area contributed by atoms with Gasteiger partial charge in [0, 0.05) is 37.0 Å². The first kappa shape index (κ1) is 12.6. The number of imidazole rings is 1. The Morgan fingerprint density at radius 1 is 1.44 bits per heavy atom. The van der Waals surface area contributed by atoms with Gasteiger partial charge in [0.05, 0.1) is 0 Å². The molecule has 3 N–H and O–H groups in total. The molecule has 1 atom stereocenters. The van der Waals surface area contributed by atoms with E-state index in [1.165, 1.54) is 0 Å². The molecular weight excluding hydrogens is 226 g/mol. The predicted octanol–water partition coefficient (Wildman–Crippen LogP) is 2.32. The number of H-pyrrole nitrogens is 1. The van der Waals surface area contributed by atoms with E-state index in [1.54, 1.807) is 12.3 Å². The molecule has 0 aliphatic carbocycles. The van der Waals surface area contributed by atoms with Gasteiger partial charge in [-0.15, -0.1) is 0 Å². The quantitative estimate of drug-likeness (QED) is 0.757. The van der Waals surface area contributed by atoms with Crippen LogP contribution in [0.4, 0.5) is 0 Å². The summed E-state index contributed by atoms with van der Waals surface area (Å²) >= 11 is 0. The van der Waals surface area contributed by atoms with E-state index >= 15 is 0 Å².